The molecule has 2 rings (SSSR count). The quantitative estimate of drug-likeness (QED) is 0.394. The molecule has 0 saturated carbocycles. The molecule has 0 spiro atoms. The molecule has 2 aromatic carbocycles. The second kappa shape index (κ2) is 15.0. The van der Waals surface area contributed by atoms with E-state index in [1.54, 1.807) is 12.1 Å². The largest absolute Gasteiger partial charge is 0.508 e. The fourth-order valence-corrected chi connectivity index (χ4v) is 1.94. The van der Waals surface area contributed by atoms with E-state index >= 15 is 0 Å². The number of nitrogens with one attached hydrogen (secondary N) is 2. The number of aromatic hydroxyl groups is 2. The van der Waals surface area contributed by atoms with E-state index in [1.165, 1.54) is 0 Å². The molecular weight excluding hydrogens is 364 g/mol. The predicted octanol–water partition coefficient (Wildman–Crippen LogP) is 2.16. The van der Waals surface area contributed by atoms with Gasteiger partial charge in [-0.2, -0.15) is 0 Å². The number of para-hydroxylation sites is 2. The van der Waals surface area contributed by atoms with Gasteiger partial charge in [-0.1, -0.05) is 36.4 Å². The number of phenols is 2. The normalized spacial score (nSPS) is 9.36. The highest BCUT2D eigenvalue weighted by atomic mass is 16.4. The van der Waals surface area contributed by atoms with E-state index in [0.717, 1.165) is 38.1 Å². The van der Waals surface area contributed by atoms with E-state index in [1.807, 2.05) is 36.4 Å². The van der Waals surface area contributed by atoms with Gasteiger partial charge >= 0.3 is 0 Å². The van der Waals surface area contributed by atoms with E-state index in [9.17, 15) is 10.2 Å². The van der Waals surface area contributed by atoms with Gasteiger partial charge in [-0.25, -0.2) is 0 Å². The average Bonchev–Trinajstić information content (AvgIpc) is 2.60. The molecule has 0 unspecified atom stereocenters. The Hall–Kier alpha value is -3.10. The van der Waals surface area contributed by atoms with Crippen LogP contribution in [0.4, 0.5) is 0 Å². The minimum Gasteiger partial charge on any atom is -0.508 e. The molecule has 28 heavy (non-hydrogen) atoms. The van der Waals surface area contributed by atoms with Crippen LogP contribution in [0.2, 0.25) is 0 Å². The van der Waals surface area contributed by atoms with Crippen LogP contribution >= 0.6 is 0 Å². The van der Waals surface area contributed by atoms with Crippen molar-refractivity contribution in [1.82, 2.24) is 10.6 Å². The number of aliphatic carboxylic acids is 2. The first-order chi connectivity index (χ1) is 13.2. The van der Waals surface area contributed by atoms with Gasteiger partial charge in [-0.05, 0) is 12.1 Å². The van der Waals surface area contributed by atoms with E-state index in [-0.39, 0.29) is 0 Å². The Morgan fingerprint density at radius 3 is 1.29 bits per heavy atom. The zero-order chi connectivity index (χ0) is 21.4. The molecule has 0 fully saturated rings. The molecule has 0 heterocycles. The van der Waals surface area contributed by atoms with Crippen molar-refractivity contribution < 1.29 is 30.0 Å². The minimum absolute atomic E-state index is 0.321. The summed E-state index contributed by atoms with van der Waals surface area (Å²) in [6, 6.07) is 14.6. The van der Waals surface area contributed by atoms with E-state index in [4.69, 9.17) is 19.8 Å². The molecular formula is C20H28N2O6. The fraction of sp³-hybridized carbons (Fsp3) is 0.300. The topological polar surface area (TPSA) is 139 Å². The first kappa shape index (κ1) is 24.9. The third-order valence-corrected chi connectivity index (χ3v) is 3.09. The van der Waals surface area contributed by atoms with Gasteiger partial charge in [0.15, 0.2) is 0 Å². The van der Waals surface area contributed by atoms with Crippen LogP contribution in [-0.4, -0.2) is 45.5 Å². The van der Waals surface area contributed by atoms with E-state index < -0.39 is 11.9 Å². The number of carboxylic acids is 2. The van der Waals surface area contributed by atoms with Crippen LogP contribution < -0.4 is 10.6 Å². The molecule has 0 aromatic heterocycles. The number of phenolic OH excluding ortho intramolecular Hbond substituents is 2. The van der Waals surface area contributed by atoms with Gasteiger partial charge < -0.3 is 31.1 Å². The molecule has 0 aliphatic heterocycles. The molecule has 0 aliphatic rings. The number of carboxylic acid groups (broad SMARTS) is 2. The van der Waals surface area contributed by atoms with Gasteiger partial charge in [0.25, 0.3) is 11.9 Å². The number of hydrogen-bond acceptors (Lipinski definition) is 6. The van der Waals surface area contributed by atoms with Crippen molar-refractivity contribution in [2.75, 3.05) is 13.1 Å². The number of rotatable bonds is 7. The summed E-state index contributed by atoms with van der Waals surface area (Å²) in [7, 11) is 0. The summed E-state index contributed by atoms with van der Waals surface area (Å²) in [5, 5.41) is 40.6. The second-order valence-corrected chi connectivity index (χ2v) is 5.65. The van der Waals surface area contributed by atoms with Crippen LogP contribution in [0.3, 0.4) is 0 Å². The summed E-state index contributed by atoms with van der Waals surface area (Å²) < 4.78 is 0. The second-order valence-electron chi connectivity index (χ2n) is 5.65. The molecule has 0 radical (unpaired) electrons. The molecule has 8 heteroatoms. The zero-order valence-corrected chi connectivity index (χ0v) is 16.1. The van der Waals surface area contributed by atoms with Crippen molar-refractivity contribution in [1.29, 1.82) is 0 Å². The predicted molar refractivity (Wildman–Crippen MR) is 106 cm³/mol. The summed E-state index contributed by atoms with van der Waals surface area (Å²) in [5.41, 5.74) is 1.79. The van der Waals surface area contributed by atoms with Crippen LogP contribution in [0, 0.1) is 0 Å². The van der Waals surface area contributed by atoms with Gasteiger partial charge in [-0.3, -0.25) is 9.59 Å². The molecule has 8 nitrogen and oxygen atoms in total. The van der Waals surface area contributed by atoms with Crippen molar-refractivity contribution in [2.45, 2.75) is 26.9 Å². The minimum atomic E-state index is -0.833. The molecule has 0 aliphatic carbocycles. The third-order valence-electron chi connectivity index (χ3n) is 3.09. The highest BCUT2D eigenvalue weighted by Crippen LogP contribution is 2.15. The Morgan fingerprint density at radius 2 is 1.00 bits per heavy atom. The van der Waals surface area contributed by atoms with E-state index in [2.05, 4.69) is 10.6 Å². The maximum atomic E-state index is 9.61. The Bertz CT molecular complexity index is 652. The average molecular weight is 392 g/mol. The Labute approximate surface area is 164 Å². The molecule has 0 bridgehead atoms. The van der Waals surface area contributed by atoms with Gasteiger partial charge in [0.1, 0.15) is 11.5 Å². The van der Waals surface area contributed by atoms with Gasteiger partial charge in [0, 0.05) is 51.2 Å². The zero-order valence-electron chi connectivity index (χ0n) is 16.1. The van der Waals surface area contributed by atoms with Gasteiger partial charge in [0.2, 0.25) is 0 Å². The van der Waals surface area contributed by atoms with Crippen molar-refractivity contribution >= 4 is 11.9 Å². The summed E-state index contributed by atoms with van der Waals surface area (Å²) in [5.74, 6) is -1.02. The monoisotopic (exact) mass is 392 g/mol. The summed E-state index contributed by atoms with van der Waals surface area (Å²) in [6.07, 6.45) is 0. The lowest BCUT2D eigenvalue weighted by molar-refractivity contribution is -0.135. The van der Waals surface area contributed by atoms with Crippen LogP contribution in [0.15, 0.2) is 48.5 Å². The molecule has 0 saturated heterocycles. The number of hydrogen-bond donors (Lipinski definition) is 6. The molecule has 154 valence electrons. The Morgan fingerprint density at radius 1 is 0.714 bits per heavy atom. The molecule has 6 N–H and O–H groups in total. The Balaban J connectivity index is 0.000000776. The van der Waals surface area contributed by atoms with Gasteiger partial charge in [-0.15, -0.1) is 0 Å². The first-order valence-electron chi connectivity index (χ1n) is 8.58. The summed E-state index contributed by atoms with van der Waals surface area (Å²) >= 11 is 0. The van der Waals surface area contributed by atoms with Crippen molar-refractivity contribution in [3.05, 3.63) is 59.7 Å². The first-order valence-corrected chi connectivity index (χ1v) is 8.58. The van der Waals surface area contributed by atoms with Crippen LogP contribution in [-0.2, 0) is 22.7 Å². The van der Waals surface area contributed by atoms with E-state index in [0.29, 0.717) is 24.6 Å². The fourth-order valence-electron chi connectivity index (χ4n) is 1.94. The van der Waals surface area contributed by atoms with Crippen molar-refractivity contribution in [3.63, 3.8) is 0 Å². The summed E-state index contributed by atoms with van der Waals surface area (Å²) in [4.78, 5) is 18.0. The van der Waals surface area contributed by atoms with Crippen molar-refractivity contribution in [2.24, 2.45) is 0 Å². The molecule has 2 aromatic rings. The summed E-state index contributed by atoms with van der Waals surface area (Å²) in [6.45, 7) is 5.04. The highest BCUT2D eigenvalue weighted by molar-refractivity contribution is 5.63. The lowest BCUT2D eigenvalue weighted by Crippen LogP contribution is -2.26. The lowest BCUT2D eigenvalue weighted by atomic mass is 10.2. The van der Waals surface area contributed by atoms with Crippen LogP contribution in [0.25, 0.3) is 0 Å². The number of benzene rings is 2. The maximum absolute atomic E-state index is 9.61. The highest BCUT2D eigenvalue weighted by Gasteiger charge is 1.99. The SMILES string of the molecule is CC(=O)O.CC(=O)O.Oc1ccccc1CNCCNCc1ccccc1O. The van der Waals surface area contributed by atoms with Crippen LogP contribution in [0.1, 0.15) is 25.0 Å². The van der Waals surface area contributed by atoms with Crippen molar-refractivity contribution in [3.8, 4) is 11.5 Å². The Kier molecular flexibility index (Phi) is 13.3. The molecule has 0 amide bonds. The molecule has 0 atom stereocenters. The maximum Gasteiger partial charge on any atom is 0.300 e. The lowest BCUT2D eigenvalue weighted by Gasteiger charge is -2.08. The number of carbonyl (C=O) groups is 2. The van der Waals surface area contributed by atoms with Crippen LogP contribution in [0.5, 0.6) is 11.5 Å². The third kappa shape index (κ3) is 14.1. The standard InChI is InChI=1S/C16H20N2O2.2C2H4O2/c19-15-7-3-1-5-13(15)11-17-9-10-18-12-14-6-2-4-8-16(14)20;2*1-2(3)4/h1-8,17-20H,9-12H2;2*1H3,(H,3,4). The van der Waals surface area contributed by atoms with Gasteiger partial charge in [0.05, 0.1) is 0 Å². The smallest absolute Gasteiger partial charge is 0.300 e.